The normalized spacial score (nSPS) is 10.6. The Bertz CT molecular complexity index is 575. The lowest BCUT2D eigenvalue weighted by Gasteiger charge is -2.09. The van der Waals surface area contributed by atoms with E-state index >= 15 is 0 Å². The van der Waals surface area contributed by atoms with Crippen LogP contribution in [0, 0.1) is 13.8 Å². The molecule has 0 aromatic carbocycles. The molecule has 0 aliphatic heterocycles. The molecule has 0 saturated heterocycles. The van der Waals surface area contributed by atoms with Crippen molar-refractivity contribution in [3.63, 3.8) is 0 Å². The van der Waals surface area contributed by atoms with Crippen molar-refractivity contribution < 1.29 is 0 Å². The molecule has 2 aromatic heterocycles. The Labute approximate surface area is 119 Å². The number of hydrogen-bond donors (Lipinski definition) is 2. The number of nitrogens with zero attached hydrogens (tertiary/aromatic N) is 4. The van der Waals surface area contributed by atoms with Crippen molar-refractivity contribution >= 4 is 11.6 Å². The molecule has 0 aliphatic rings. The van der Waals surface area contributed by atoms with Crippen LogP contribution in [-0.2, 0) is 13.6 Å². The van der Waals surface area contributed by atoms with E-state index in [0.717, 1.165) is 36.1 Å². The summed E-state index contributed by atoms with van der Waals surface area (Å²) in [5.74, 6) is 2.46. The summed E-state index contributed by atoms with van der Waals surface area (Å²) in [7, 11) is 1.94. The summed E-state index contributed by atoms with van der Waals surface area (Å²) >= 11 is 0. The van der Waals surface area contributed by atoms with Crippen molar-refractivity contribution in [2.45, 2.75) is 33.7 Å². The molecule has 0 atom stereocenters. The Kier molecular flexibility index (Phi) is 4.55. The molecular formula is C14H22N6. The minimum atomic E-state index is 0.712. The summed E-state index contributed by atoms with van der Waals surface area (Å²) < 4.78 is 1.87. The average Bonchev–Trinajstić information content (AvgIpc) is 2.74. The van der Waals surface area contributed by atoms with Gasteiger partial charge in [0.25, 0.3) is 0 Å². The third-order valence-electron chi connectivity index (χ3n) is 3.19. The van der Waals surface area contributed by atoms with E-state index in [9.17, 15) is 0 Å². The molecule has 20 heavy (non-hydrogen) atoms. The van der Waals surface area contributed by atoms with Gasteiger partial charge in [0.2, 0.25) is 0 Å². The third kappa shape index (κ3) is 3.46. The minimum Gasteiger partial charge on any atom is -0.370 e. The Hall–Kier alpha value is -2.11. The molecular weight excluding hydrogens is 252 g/mol. The van der Waals surface area contributed by atoms with Crippen molar-refractivity contribution in [3.05, 3.63) is 29.3 Å². The molecule has 0 spiro atoms. The highest BCUT2D eigenvalue weighted by atomic mass is 15.3. The maximum atomic E-state index is 4.40. The molecule has 2 N–H and O–H groups in total. The molecule has 6 heteroatoms. The summed E-state index contributed by atoms with van der Waals surface area (Å²) in [6.45, 7) is 7.72. The highest BCUT2D eigenvalue weighted by molar-refractivity contribution is 5.47. The van der Waals surface area contributed by atoms with Gasteiger partial charge in [-0.2, -0.15) is 5.10 Å². The van der Waals surface area contributed by atoms with Crippen molar-refractivity contribution in [3.8, 4) is 0 Å². The maximum absolute atomic E-state index is 4.40. The minimum absolute atomic E-state index is 0.712. The zero-order valence-electron chi connectivity index (χ0n) is 12.6. The molecule has 108 valence electrons. The Morgan fingerprint density at radius 2 is 1.85 bits per heavy atom. The van der Waals surface area contributed by atoms with Crippen molar-refractivity contribution in [2.75, 3.05) is 17.2 Å². The fourth-order valence-electron chi connectivity index (χ4n) is 1.91. The van der Waals surface area contributed by atoms with Crippen LogP contribution in [-0.4, -0.2) is 26.3 Å². The first-order valence-corrected chi connectivity index (χ1v) is 6.91. The van der Waals surface area contributed by atoms with Gasteiger partial charge in [0.1, 0.15) is 17.5 Å². The summed E-state index contributed by atoms with van der Waals surface area (Å²) in [6.07, 6.45) is 2.95. The van der Waals surface area contributed by atoms with Gasteiger partial charge < -0.3 is 10.6 Å². The second kappa shape index (κ2) is 6.36. The van der Waals surface area contributed by atoms with E-state index in [0.29, 0.717) is 6.54 Å². The second-order valence-corrected chi connectivity index (χ2v) is 4.84. The molecule has 0 radical (unpaired) electrons. The van der Waals surface area contributed by atoms with E-state index < -0.39 is 0 Å². The lowest BCUT2D eigenvalue weighted by Crippen LogP contribution is -2.08. The fourth-order valence-corrected chi connectivity index (χ4v) is 1.91. The highest BCUT2D eigenvalue weighted by Crippen LogP contribution is 2.13. The van der Waals surface area contributed by atoms with Crippen molar-refractivity contribution in [1.82, 2.24) is 19.7 Å². The smallest absolute Gasteiger partial charge is 0.132 e. The van der Waals surface area contributed by atoms with E-state index in [2.05, 4.69) is 39.5 Å². The summed E-state index contributed by atoms with van der Waals surface area (Å²) in [4.78, 5) is 8.77. The molecule has 2 rings (SSSR count). The van der Waals surface area contributed by atoms with Crippen LogP contribution in [0.3, 0.4) is 0 Å². The predicted molar refractivity (Wildman–Crippen MR) is 80.8 cm³/mol. The van der Waals surface area contributed by atoms with Crippen LogP contribution in [0.1, 0.15) is 30.4 Å². The summed E-state index contributed by atoms with van der Waals surface area (Å²) in [6, 6.07) is 1.94. The van der Waals surface area contributed by atoms with E-state index in [1.54, 1.807) is 0 Å². The standard InChI is InChI=1S/C14H22N6/c1-5-6-15-13-7-14(19-11(3)18-13)16-8-12-9-17-20(4)10(12)2/h7,9H,5-6,8H2,1-4H3,(H2,15,16,18,19). The monoisotopic (exact) mass is 274 g/mol. The van der Waals surface area contributed by atoms with Crippen molar-refractivity contribution in [2.24, 2.45) is 7.05 Å². The van der Waals surface area contributed by atoms with Gasteiger partial charge in [-0.3, -0.25) is 4.68 Å². The molecule has 2 aromatic rings. The van der Waals surface area contributed by atoms with Gasteiger partial charge in [0.05, 0.1) is 6.20 Å². The van der Waals surface area contributed by atoms with E-state index in [4.69, 9.17) is 0 Å². The number of nitrogens with one attached hydrogen (secondary N) is 2. The molecule has 0 bridgehead atoms. The van der Waals surface area contributed by atoms with Crippen LogP contribution in [0.5, 0.6) is 0 Å². The van der Waals surface area contributed by atoms with Crippen LogP contribution in [0.15, 0.2) is 12.3 Å². The first-order chi connectivity index (χ1) is 9.60. The highest BCUT2D eigenvalue weighted by Gasteiger charge is 2.05. The molecule has 0 unspecified atom stereocenters. The number of aromatic nitrogens is 4. The zero-order chi connectivity index (χ0) is 14.5. The molecule has 0 fully saturated rings. The lowest BCUT2D eigenvalue weighted by atomic mass is 10.2. The second-order valence-electron chi connectivity index (χ2n) is 4.84. The topological polar surface area (TPSA) is 67.7 Å². The molecule has 2 heterocycles. The van der Waals surface area contributed by atoms with Gasteiger partial charge in [-0.25, -0.2) is 9.97 Å². The Balaban J connectivity index is 2.05. The predicted octanol–water partition coefficient (Wildman–Crippen LogP) is 2.26. The molecule has 0 amide bonds. The number of rotatable bonds is 6. The van der Waals surface area contributed by atoms with Crippen LogP contribution in [0.25, 0.3) is 0 Å². The number of anilines is 2. The molecule has 0 aliphatic carbocycles. The fraction of sp³-hybridized carbons (Fsp3) is 0.500. The number of hydrogen-bond acceptors (Lipinski definition) is 5. The first-order valence-electron chi connectivity index (χ1n) is 6.91. The average molecular weight is 274 g/mol. The quantitative estimate of drug-likeness (QED) is 0.845. The third-order valence-corrected chi connectivity index (χ3v) is 3.19. The summed E-state index contributed by atoms with van der Waals surface area (Å²) in [5, 5.41) is 10.8. The van der Waals surface area contributed by atoms with Crippen LogP contribution >= 0.6 is 0 Å². The largest absolute Gasteiger partial charge is 0.370 e. The van der Waals surface area contributed by atoms with Gasteiger partial charge >= 0.3 is 0 Å². The maximum Gasteiger partial charge on any atom is 0.132 e. The van der Waals surface area contributed by atoms with E-state index in [1.807, 2.05) is 30.9 Å². The molecule has 6 nitrogen and oxygen atoms in total. The first kappa shape index (κ1) is 14.3. The Morgan fingerprint density at radius 3 is 2.45 bits per heavy atom. The van der Waals surface area contributed by atoms with Crippen LogP contribution in [0.4, 0.5) is 11.6 Å². The van der Waals surface area contributed by atoms with E-state index in [-0.39, 0.29) is 0 Å². The van der Waals surface area contributed by atoms with Crippen LogP contribution in [0.2, 0.25) is 0 Å². The molecule has 0 saturated carbocycles. The van der Waals surface area contributed by atoms with Gasteiger partial charge in [-0.1, -0.05) is 6.92 Å². The van der Waals surface area contributed by atoms with Gasteiger partial charge in [-0.05, 0) is 20.3 Å². The zero-order valence-corrected chi connectivity index (χ0v) is 12.6. The van der Waals surface area contributed by atoms with Gasteiger partial charge in [0, 0.05) is 37.5 Å². The lowest BCUT2D eigenvalue weighted by molar-refractivity contribution is 0.738. The Morgan fingerprint density at radius 1 is 1.15 bits per heavy atom. The van der Waals surface area contributed by atoms with Crippen LogP contribution < -0.4 is 10.6 Å². The van der Waals surface area contributed by atoms with Gasteiger partial charge in [0.15, 0.2) is 0 Å². The number of aryl methyl sites for hydroxylation is 2. The van der Waals surface area contributed by atoms with E-state index in [1.165, 1.54) is 5.56 Å². The summed E-state index contributed by atoms with van der Waals surface area (Å²) in [5.41, 5.74) is 2.33. The van der Waals surface area contributed by atoms with Crippen molar-refractivity contribution in [1.29, 1.82) is 0 Å². The SMILES string of the molecule is CCCNc1cc(NCc2cnn(C)c2C)nc(C)n1. The van der Waals surface area contributed by atoms with Gasteiger partial charge in [-0.15, -0.1) is 0 Å².